The van der Waals surface area contributed by atoms with Gasteiger partial charge < -0.3 is 5.32 Å². The van der Waals surface area contributed by atoms with E-state index in [-0.39, 0.29) is 5.75 Å². The third-order valence-corrected chi connectivity index (χ3v) is 3.69. The first-order valence-electron chi connectivity index (χ1n) is 5.71. The Morgan fingerprint density at radius 1 is 1.35 bits per heavy atom. The molecule has 6 heteroatoms. The molecule has 17 heavy (non-hydrogen) atoms. The molecule has 0 amide bonds. The van der Waals surface area contributed by atoms with Crippen molar-refractivity contribution in [1.82, 2.24) is 15.0 Å². The van der Waals surface area contributed by atoms with E-state index in [1.54, 1.807) is 13.1 Å². The van der Waals surface area contributed by atoms with Crippen LogP contribution < -0.4 is 10.0 Å². The number of aromatic nitrogens is 1. The van der Waals surface area contributed by atoms with Crippen LogP contribution in [0.5, 0.6) is 0 Å². The van der Waals surface area contributed by atoms with Gasteiger partial charge in [0.05, 0.1) is 5.75 Å². The maximum absolute atomic E-state index is 11.1. The van der Waals surface area contributed by atoms with Gasteiger partial charge >= 0.3 is 0 Å². The lowest BCUT2D eigenvalue weighted by atomic mass is 10.3. The number of rotatable bonds is 8. The zero-order chi connectivity index (χ0) is 12.6. The van der Waals surface area contributed by atoms with Crippen molar-refractivity contribution in [2.24, 2.45) is 0 Å². The summed E-state index contributed by atoms with van der Waals surface area (Å²) in [5, 5.41) is 3.23. The Morgan fingerprint density at radius 3 is 2.82 bits per heavy atom. The van der Waals surface area contributed by atoms with Gasteiger partial charge in [-0.15, -0.1) is 0 Å². The van der Waals surface area contributed by atoms with Crippen molar-refractivity contribution >= 4 is 10.0 Å². The van der Waals surface area contributed by atoms with Crippen LogP contribution in [0.25, 0.3) is 0 Å². The SMILES string of the molecule is CCS(=O)(=O)NCCCNCc1cccnc1. The molecule has 0 atom stereocenters. The predicted molar refractivity (Wildman–Crippen MR) is 68.0 cm³/mol. The van der Waals surface area contributed by atoms with Gasteiger partial charge in [-0.1, -0.05) is 6.07 Å². The van der Waals surface area contributed by atoms with Crippen LogP contribution in [0, 0.1) is 0 Å². The van der Waals surface area contributed by atoms with Crippen molar-refractivity contribution < 1.29 is 8.42 Å². The molecule has 0 saturated heterocycles. The maximum Gasteiger partial charge on any atom is 0.211 e. The van der Waals surface area contributed by atoms with E-state index in [2.05, 4.69) is 15.0 Å². The molecule has 0 bridgehead atoms. The topological polar surface area (TPSA) is 71.1 Å². The van der Waals surface area contributed by atoms with Gasteiger partial charge in [-0.3, -0.25) is 4.98 Å². The van der Waals surface area contributed by atoms with Crippen molar-refractivity contribution in [3.63, 3.8) is 0 Å². The molecule has 0 radical (unpaired) electrons. The van der Waals surface area contributed by atoms with Gasteiger partial charge in [-0.2, -0.15) is 0 Å². The van der Waals surface area contributed by atoms with Crippen LogP contribution in [0.3, 0.4) is 0 Å². The number of hydrogen-bond donors (Lipinski definition) is 2. The van der Waals surface area contributed by atoms with Crippen LogP contribution >= 0.6 is 0 Å². The molecule has 1 rings (SSSR count). The number of hydrogen-bond acceptors (Lipinski definition) is 4. The van der Waals surface area contributed by atoms with Gasteiger partial charge in [-0.05, 0) is 31.5 Å². The van der Waals surface area contributed by atoms with Gasteiger partial charge in [0.15, 0.2) is 0 Å². The molecular formula is C11H19N3O2S. The van der Waals surface area contributed by atoms with Crippen LogP contribution in [0.15, 0.2) is 24.5 Å². The van der Waals surface area contributed by atoms with Gasteiger partial charge in [-0.25, -0.2) is 13.1 Å². The first kappa shape index (κ1) is 14.1. The Morgan fingerprint density at radius 2 is 2.18 bits per heavy atom. The van der Waals surface area contributed by atoms with Crippen molar-refractivity contribution in [3.8, 4) is 0 Å². The molecule has 0 spiro atoms. The highest BCUT2D eigenvalue weighted by molar-refractivity contribution is 7.89. The van der Waals surface area contributed by atoms with Crippen molar-refractivity contribution in [3.05, 3.63) is 30.1 Å². The Balaban J connectivity index is 2.06. The van der Waals surface area contributed by atoms with Gasteiger partial charge in [0.25, 0.3) is 0 Å². The third-order valence-electron chi connectivity index (χ3n) is 2.28. The van der Waals surface area contributed by atoms with Crippen LogP contribution in [0.1, 0.15) is 18.9 Å². The Labute approximate surface area is 103 Å². The molecule has 1 aromatic heterocycles. The smallest absolute Gasteiger partial charge is 0.211 e. The number of sulfonamides is 1. The normalized spacial score (nSPS) is 11.6. The Bertz CT molecular complexity index is 406. The molecule has 0 aliphatic heterocycles. The molecule has 0 aliphatic carbocycles. The van der Waals surface area contributed by atoms with E-state index in [1.807, 2.05) is 18.3 Å². The van der Waals surface area contributed by atoms with Gasteiger partial charge in [0, 0.05) is 25.5 Å². The lowest BCUT2D eigenvalue weighted by Crippen LogP contribution is -2.28. The minimum Gasteiger partial charge on any atom is -0.313 e. The molecule has 0 fully saturated rings. The number of pyridine rings is 1. The lowest BCUT2D eigenvalue weighted by Gasteiger charge is -2.06. The molecule has 0 aromatic carbocycles. The maximum atomic E-state index is 11.1. The molecule has 96 valence electrons. The number of nitrogens with one attached hydrogen (secondary N) is 2. The van der Waals surface area contributed by atoms with E-state index in [9.17, 15) is 8.42 Å². The van der Waals surface area contributed by atoms with E-state index >= 15 is 0 Å². The molecule has 0 saturated carbocycles. The average molecular weight is 257 g/mol. The Kier molecular flexibility index (Phi) is 6.10. The van der Waals surface area contributed by atoms with Crippen molar-refractivity contribution in [2.75, 3.05) is 18.8 Å². The summed E-state index contributed by atoms with van der Waals surface area (Å²) in [6, 6.07) is 3.90. The second kappa shape index (κ2) is 7.37. The largest absolute Gasteiger partial charge is 0.313 e. The summed E-state index contributed by atoms with van der Waals surface area (Å²) in [6.45, 7) is 3.65. The monoisotopic (exact) mass is 257 g/mol. The van der Waals surface area contributed by atoms with Gasteiger partial charge in [0.1, 0.15) is 0 Å². The zero-order valence-electron chi connectivity index (χ0n) is 10.0. The molecule has 2 N–H and O–H groups in total. The minimum atomic E-state index is -3.05. The zero-order valence-corrected chi connectivity index (χ0v) is 10.8. The summed E-state index contributed by atoms with van der Waals surface area (Å²) in [6.07, 6.45) is 4.33. The van der Waals surface area contributed by atoms with E-state index in [0.717, 1.165) is 25.1 Å². The summed E-state index contributed by atoms with van der Waals surface area (Å²) in [4.78, 5) is 4.01. The number of nitrogens with zero attached hydrogens (tertiary/aromatic N) is 1. The summed E-state index contributed by atoms with van der Waals surface area (Å²) in [5.74, 6) is 0.135. The van der Waals surface area contributed by atoms with E-state index < -0.39 is 10.0 Å². The van der Waals surface area contributed by atoms with E-state index in [4.69, 9.17) is 0 Å². The van der Waals surface area contributed by atoms with Crippen LogP contribution in [-0.2, 0) is 16.6 Å². The predicted octanol–water partition coefficient (Wildman–Crippen LogP) is 0.501. The van der Waals surface area contributed by atoms with Crippen molar-refractivity contribution in [1.29, 1.82) is 0 Å². The molecule has 1 heterocycles. The quantitative estimate of drug-likeness (QED) is 0.665. The molecule has 0 unspecified atom stereocenters. The summed E-state index contributed by atoms with van der Waals surface area (Å²) in [7, 11) is -3.05. The first-order chi connectivity index (χ1) is 8.14. The third kappa shape index (κ3) is 6.35. The summed E-state index contributed by atoms with van der Waals surface area (Å²) >= 11 is 0. The fourth-order valence-corrected chi connectivity index (χ4v) is 1.94. The van der Waals surface area contributed by atoms with Gasteiger partial charge in [0.2, 0.25) is 10.0 Å². The fourth-order valence-electron chi connectivity index (χ4n) is 1.28. The Hall–Kier alpha value is -0.980. The van der Waals surface area contributed by atoms with Crippen LogP contribution in [0.2, 0.25) is 0 Å². The summed E-state index contributed by atoms with van der Waals surface area (Å²) < 4.78 is 24.8. The highest BCUT2D eigenvalue weighted by atomic mass is 32.2. The standard InChI is InChI=1S/C11H19N3O2S/c1-2-17(15,16)14-8-4-7-13-10-11-5-3-6-12-9-11/h3,5-6,9,13-14H,2,4,7-8,10H2,1H3. The van der Waals surface area contributed by atoms with E-state index in [1.165, 1.54) is 0 Å². The first-order valence-corrected chi connectivity index (χ1v) is 7.36. The average Bonchev–Trinajstić information content (AvgIpc) is 2.35. The minimum absolute atomic E-state index is 0.135. The van der Waals surface area contributed by atoms with E-state index in [0.29, 0.717) is 6.54 Å². The lowest BCUT2D eigenvalue weighted by molar-refractivity contribution is 0.574. The second-order valence-electron chi connectivity index (χ2n) is 3.69. The fraction of sp³-hybridized carbons (Fsp3) is 0.545. The molecule has 0 aliphatic rings. The molecular weight excluding hydrogens is 238 g/mol. The molecule has 1 aromatic rings. The van der Waals surface area contributed by atoms with Crippen molar-refractivity contribution in [2.45, 2.75) is 19.9 Å². The van der Waals surface area contributed by atoms with Crippen LogP contribution in [-0.4, -0.2) is 32.2 Å². The highest BCUT2D eigenvalue weighted by Gasteiger charge is 2.03. The highest BCUT2D eigenvalue weighted by Crippen LogP contribution is 1.94. The second-order valence-corrected chi connectivity index (χ2v) is 5.78. The molecule has 5 nitrogen and oxygen atoms in total. The van der Waals surface area contributed by atoms with Crippen LogP contribution in [0.4, 0.5) is 0 Å². The summed E-state index contributed by atoms with van der Waals surface area (Å²) in [5.41, 5.74) is 1.13.